The zero-order chi connectivity index (χ0) is 19.2. The minimum atomic E-state index is -0.590. The Balaban J connectivity index is 1.39. The zero-order valence-corrected chi connectivity index (χ0v) is 15.8. The van der Waals surface area contributed by atoms with Crippen LogP contribution in [0.15, 0.2) is 30.3 Å². The summed E-state index contributed by atoms with van der Waals surface area (Å²) in [4.78, 5) is 42.6. The van der Waals surface area contributed by atoms with E-state index in [9.17, 15) is 14.4 Å². The molecule has 1 aromatic rings. The zero-order valence-electron chi connectivity index (χ0n) is 15.8. The number of likely N-dealkylation sites (tertiary alicyclic amines) is 1. The maximum Gasteiger partial charge on any atom is 0.410 e. The molecule has 1 aliphatic carbocycles. The summed E-state index contributed by atoms with van der Waals surface area (Å²) in [7, 11) is 0. The Bertz CT molecular complexity index is 760. The van der Waals surface area contributed by atoms with E-state index in [2.05, 4.69) is 0 Å². The van der Waals surface area contributed by atoms with E-state index in [1.807, 2.05) is 44.2 Å². The van der Waals surface area contributed by atoms with Crippen molar-refractivity contribution in [3.63, 3.8) is 0 Å². The number of ether oxygens (including phenoxy) is 1. The molecule has 7 nitrogen and oxygen atoms in total. The van der Waals surface area contributed by atoms with Crippen LogP contribution < -0.4 is 0 Å². The first kappa shape index (κ1) is 17.8. The van der Waals surface area contributed by atoms with Crippen LogP contribution in [-0.4, -0.2) is 64.4 Å². The number of rotatable bonds is 4. The van der Waals surface area contributed by atoms with Crippen molar-refractivity contribution in [2.24, 2.45) is 5.41 Å². The van der Waals surface area contributed by atoms with E-state index in [0.717, 1.165) is 18.4 Å². The molecule has 0 radical (unpaired) electrons. The van der Waals surface area contributed by atoms with Crippen LogP contribution in [0.25, 0.3) is 0 Å². The van der Waals surface area contributed by atoms with Gasteiger partial charge in [-0.3, -0.25) is 14.5 Å². The molecule has 3 aliphatic rings. The fraction of sp³-hybridized carbons (Fsp3) is 0.550. The molecule has 3 fully saturated rings. The lowest BCUT2D eigenvalue weighted by Gasteiger charge is -2.52. The third-order valence-electron chi connectivity index (χ3n) is 5.57. The monoisotopic (exact) mass is 371 g/mol. The number of carbonyl (C=O) groups is 3. The number of amides is 3. The van der Waals surface area contributed by atoms with Gasteiger partial charge in [-0.25, -0.2) is 4.79 Å². The first-order chi connectivity index (χ1) is 12.9. The molecule has 2 heterocycles. The standard InChI is InChI=1S/C20H25N3O4/c1-20(2)12-22(19(26)27-11-14-6-4-3-5-7-14)17(20)18(25)21-10-16(24)23(13-21)15-8-9-15/h3-7,15,17H,8-13H2,1-2H3. The van der Waals surface area contributed by atoms with Crippen molar-refractivity contribution in [1.82, 2.24) is 14.7 Å². The largest absolute Gasteiger partial charge is 0.445 e. The van der Waals surface area contributed by atoms with Crippen molar-refractivity contribution in [2.45, 2.75) is 45.4 Å². The Morgan fingerprint density at radius 2 is 1.89 bits per heavy atom. The van der Waals surface area contributed by atoms with Crippen LogP contribution >= 0.6 is 0 Å². The van der Waals surface area contributed by atoms with Gasteiger partial charge >= 0.3 is 6.09 Å². The van der Waals surface area contributed by atoms with Crippen LogP contribution in [0.2, 0.25) is 0 Å². The third-order valence-corrected chi connectivity index (χ3v) is 5.57. The Kier molecular flexibility index (Phi) is 4.32. The van der Waals surface area contributed by atoms with Crippen molar-refractivity contribution in [1.29, 1.82) is 0 Å². The van der Waals surface area contributed by atoms with E-state index in [0.29, 0.717) is 13.2 Å². The van der Waals surface area contributed by atoms with Crippen LogP contribution in [0.1, 0.15) is 32.3 Å². The molecule has 0 aromatic heterocycles. The average Bonchev–Trinajstić information content (AvgIpc) is 3.40. The van der Waals surface area contributed by atoms with Gasteiger partial charge in [0.1, 0.15) is 19.2 Å². The van der Waals surface area contributed by atoms with Gasteiger partial charge in [0.25, 0.3) is 0 Å². The summed E-state index contributed by atoms with van der Waals surface area (Å²) in [5.41, 5.74) is 0.567. The summed E-state index contributed by atoms with van der Waals surface area (Å²) < 4.78 is 5.40. The molecule has 27 heavy (non-hydrogen) atoms. The van der Waals surface area contributed by atoms with Gasteiger partial charge < -0.3 is 14.5 Å². The van der Waals surface area contributed by atoms with E-state index >= 15 is 0 Å². The van der Waals surface area contributed by atoms with E-state index in [1.165, 1.54) is 4.90 Å². The molecule has 1 atom stereocenters. The van der Waals surface area contributed by atoms with Crippen molar-refractivity contribution in [3.8, 4) is 0 Å². The fourth-order valence-corrected chi connectivity index (χ4v) is 3.96. The van der Waals surface area contributed by atoms with Gasteiger partial charge in [-0.1, -0.05) is 44.2 Å². The predicted molar refractivity (Wildman–Crippen MR) is 97.4 cm³/mol. The normalized spacial score (nSPS) is 24.0. The van der Waals surface area contributed by atoms with Crippen molar-refractivity contribution in [3.05, 3.63) is 35.9 Å². The van der Waals surface area contributed by atoms with Crippen LogP contribution in [0.3, 0.4) is 0 Å². The highest BCUT2D eigenvalue weighted by Crippen LogP contribution is 2.39. The van der Waals surface area contributed by atoms with Gasteiger partial charge in [0.15, 0.2) is 0 Å². The van der Waals surface area contributed by atoms with Gasteiger partial charge in [-0.15, -0.1) is 0 Å². The Morgan fingerprint density at radius 1 is 1.19 bits per heavy atom. The number of hydrogen-bond donors (Lipinski definition) is 0. The van der Waals surface area contributed by atoms with Crippen molar-refractivity contribution < 1.29 is 19.1 Å². The van der Waals surface area contributed by atoms with Gasteiger partial charge in [0.2, 0.25) is 11.8 Å². The Morgan fingerprint density at radius 3 is 2.52 bits per heavy atom. The van der Waals surface area contributed by atoms with Crippen LogP contribution in [0.4, 0.5) is 4.79 Å². The van der Waals surface area contributed by atoms with Gasteiger partial charge in [-0.2, -0.15) is 0 Å². The lowest BCUT2D eigenvalue weighted by molar-refractivity contribution is -0.151. The highest BCUT2D eigenvalue weighted by Gasteiger charge is 2.55. The summed E-state index contributed by atoms with van der Waals surface area (Å²) in [6.45, 7) is 5.01. The van der Waals surface area contributed by atoms with E-state index in [1.54, 1.807) is 9.80 Å². The molecular formula is C20H25N3O4. The average molecular weight is 371 g/mol. The van der Waals surface area contributed by atoms with Crippen LogP contribution in [-0.2, 0) is 20.9 Å². The molecule has 3 amide bonds. The first-order valence-corrected chi connectivity index (χ1v) is 9.42. The molecule has 1 aromatic carbocycles. The number of hydrogen-bond acceptors (Lipinski definition) is 4. The summed E-state index contributed by atoms with van der Waals surface area (Å²) in [5, 5.41) is 0. The SMILES string of the molecule is CC1(C)CN(C(=O)OCc2ccccc2)C1C(=O)N1CC(=O)N(C2CC2)C1. The second-order valence-electron chi connectivity index (χ2n) is 8.33. The van der Waals surface area contributed by atoms with Crippen molar-refractivity contribution in [2.75, 3.05) is 19.8 Å². The molecule has 2 saturated heterocycles. The van der Waals surface area contributed by atoms with E-state index in [-0.39, 0.29) is 36.4 Å². The number of nitrogens with zero attached hydrogens (tertiary/aromatic N) is 3. The van der Waals surface area contributed by atoms with Gasteiger partial charge in [-0.05, 0) is 18.4 Å². The lowest BCUT2D eigenvalue weighted by Crippen LogP contribution is -2.69. The second kappa shape index (κ2) is 6.55. The molecule has 144 valence electrons. The second-order valence-corrected chi connectivity index (χ2v) is 8.33. The van der Waals surface area contributed by atoms with Crippen molar-refractivity contribution >= 4 is 17.9 Å². The molecule has 7 heteroatoms. The maximum absolute atomic E-state index is 13.1. The molecule has 0 spiro atoms. The summed E-state index contributed by atoms with van der Waals surface area (Å²) in [6.07, 6.45) is 1.54. The molecule has 4 rings (SSSR count). The number of carbonyl (C=O) groups excluding carboxylic acids is 3. The smallest absolute Gasteiger partial charge is 0.410 e. The minimum Gasteiger partial charge on any atom is -0.445 e. The molecule has 0 N–H and O–H groups in total. The quantitative estimate of drug-likeness (QED) is 0.810. The van der Waals surface area contributed by atoms with Crippen LogP contribution in [0.5, 0.6) is 0 Å². The first-order valence-electron chi connectivity index (χ1n) is 9.42. The fourth-order valence-electron chi connectivity index (χ4n) is 3.96. The topological polar surface area (TPSA) is 70.2 Å². The van der Waals surface area contributed by atoms with E-state index in [4.69, 9.17) is 4.74 Å². The highest BCUT2D eigenvalue weighted by atomic mass is 16.6. The Labute approximate surface area is 158 Å². The summed E-state index contributed by atoms with van der Waals surface area (Å²) in [6, 6.07) is 9.15. The molecule has 2 aliphatic heterocycles. The van der Waals surface area contributed by atoms with E-state index < -0.39 is 12.1 Å². The molecule has 0 bridgehead atoms. The minimum absolute atomic E-state index is 0.00110. The lowest BCUT2D eigenvalue weighted by atomic mass is 9.74. The van der Waals surface area contributed by atoms with Crippen LogP contribution in [0, 0.1) is 5.41 Å². The van der Waals surface area contributed by atoms with Gasteiger partial charge in [0.05, 0.1) is 6.67 Å². The summed E-state index contributed by atoms with van der Waals surface area (Å²) >= 11 is 0. The predicted octanol–water partition coefficient (Wildman–Crippen LogP) is 1.82. The molecule has 1 saturated carbocycles. The molecule has 1 unspecified atom stereocenters. The maximum atomic E-state index is 13.1. The third kappa shape index (κ3) is 3.38. The van der Waals surface area contributed by atoms with Gasteiger partial charge in [0, 0.05) is 18.0 Å². The number of benzene rings is 1. The summed E-state index contributed by atoms with van der Waals surface area (Å²) in [5.74, 6) is -0.166. The Hall–Kier alpha value is -2.57. The molecular weight excluding hydrogens is 346 g/mol. The highest BCUT2D eigenvalue weighted by molar-refractivity contribution is 5.93.